The van der Waals surface area contributed by atoms with Crippen molar-refractivity contribution in [3.05, 3.63) is 50.1 Å². The third kappa shape index (κ3) is 3.57. The summed E-state index contributed by atoms with van der Waals surface area (Å²) in [5.41, 5.74) is 1.24. The van der Waals surface area contributed by atoms with Crippen molar-refractivity contribution < 1.29 is 4.74 Å². The first-order chi connectivity index (χ1) is 8.69. The van der Waals surface area contributed by atoms with Gasteiger partial charge in [-0.05, 0) is 46.6 Å². The van der Waals surface area contributed by atoms with E-state index in [9.17, 15) is 0 Å². The molecular weight excluding hydrogens is 310 g/mol. The predicted molar refractivity (Wildman–Crippen MR) is 80.3 cm³/mol. The number of ether oxygens (including phenoxy) is 1. The molecule has 0 aliphatic rings. The zero-order chi connectivity index (χ0) is 13.0. The number of nitrogens with one attached hydrogen (secondary N) is 1. The van der Waals surface area contributed by atoms with E-state index in [0.717, 1.165) is 18.8 Å². The maximum Gasteiger partial charge on any atom is 0.119 e. The average Bonchev–Trinajstić information content (AvgIpc) is 2.69. The summed E-state index contributed by atoms with van der Waals surface area (Å²) in [5.74, 6) is 0.906. The second-order valence-electron chi connectivity index (χ2n) is 4.07. The molecule has 2 aromatic rings. The van der Waals surface area contributed by atoms with Crippen LogP contribution in [-0.4, -0.2) is 7.11 Å². The van der Waals surface area contributed by atoms with Crippen molar-refractivity contribution in [1.29, 1.82) is 0 Å². The van der Waals surface area contributed by atoms with Gasteiger partial charge in [-0.3, -0.25) is 0 Å². The molecule has 0 aliphatic carbocycles. The van der Waals surface area contributed by atoms with Crippen molar-refractivity contribution in [1.82, 2.24) is 5.32 Å². The Kier molecular flexibility index (Phi) is 4.80. The van der Waals surface area contributed by atoms with Crippen molar-refractivity contribution in [2.75, 3.05) is 7.11 Å². The van der Waals surface area contributed by atoms with Crippen LogP contribution in [0.25, 0.3) is 0 Å². The Morgan fingerprint density at radius 2 is 2.11 bits per heavy atom. The zero-order valence-electron chi connectivity index (χ0n) is 10.5. The molecule has 0 spiro atoms. The zero-order valence-corrected chi connectivity index (χ0v) is 12.9. The van der Waals surface area contributed by atoms with Gasteiger partial charge in [-0.15, -0.1) is 11.3 Å². The van der Waals surface area contributed by atoms with Gasteiger partial charge in [0.2, 0.25) is 0 Å². The first-order valence-corrected chi connectivity index (χ1v) is 7.38. The van der Waals surface area contributed by atoms with Crippen LogP contribution in [0.2, 0.25) is 0 Å². The maximum absolute atomic E-state index is 5.21. The number of methoxy groups -OCH3 is 1. The topological polar surface area (TPSA) is 21.3 Å². The molecular formula is C14H16BrNOS. The van der Waals surface area contributed by atoms with E-state index in [0.29, 0.717) is 0 Å². The number of aryl methyl sites for hydroxylation is 1. The summed E-state index contributed by atoms with van der Waals surface area (Å²) in [6, 6.07) is 10.3. The summed E-state index contributed by atoms with van der Waals surface area (Å²) in [6.45, 7) is 3.88. The molecule has 0 unspecified atom stereocenters. The van der Waals surface area contributed by atoms with Crippen molar-refractivity contribution in [2.24, 2.45) is 0 Å². The lowest BCUT2D eigenvalue weighted by Crippen LogP contribution is -2.11. The third-order valence-corrected chi connectivity index (χ3v) is 4.81. The first kappa shape index (κ1) is 13.6. The number of benzene rings is 1. The molecule has 0 amide bonds. The summed E-state index contributed by atoms with van der Waals surface area (Å²) in [6.07, 6.45) is 0. The lowest BCUT2D eigenvalue weighted by Gasteiger charge is -2.05. The van der Waals surface area contributed by atoms with Gasteiger partial charge >= 0.3 is 0 Å². The molecule has 0 saturated heterocycles. The summed E-state index contributed by atoms with van der Waals surface area (Å²) >= 11 is 5.36. The third-order valence-electron chi connectivity index (χ3n) is 2.67. The monoisotopic (exact) mass is 325 g/mol. The van der Waals surface area contributed by atoms with Crippen LogP contribution >= 0.6 is 27.3 Å². The molecule has 1 heterocycles. The minimum atomic E-state index is 0.853. The average molecular weight is 326 g/mol. The Labute approximate surface area is 120 Å². The Balaban J connectivity index is 1.88. The first-order valence-electron chi connectivity index (χ1n) is 5.77. The quantitative estimate of drug-likeness (QED) is 0.892. The predicted octanol–water partition coefficient (Wildman–Crippen LogP) is 4.12. The van der Waals surface area contributed by atoms with E-state index in [-0.39, 0.29) is 0 Å². The van der Waals surface area contributed by atoms with Gasteiger partial charge in [-0.1, -0.05) is 12.1 Å². The van der Waals surface area contributed by atoms with Gasteiger partial charge in [-0.2, -0.15) is 0 Å². The van der Waals surface area contributed by atoms with Crippen LogP contribution in [0.5, 0.6) is 5.75 Å². The van der Waals surface area contributed by atoms with E-state index < -0.39 is 0 Å². The lowest BCUT2D eigenvalue weighted by molar-refractivity contribution is 0.414. The molecule has 2 rings (SSSR count). The molecule has 0 saturated carbocycles. The summed E-state index contributed by atoms with van der Waals surface area (Å²) < 4.78 is 6.41. The van der Waals surface area contributed by atoms with Crippen LogP contribution in [0.15, 0.2) is 34.8 Å². The molecule has 0 atom stereocenters. The number of rotatable bonds is 5. The molecule has 0 fully saturated rings. The number of hydrogen-bond acceptors (Lipinski definition) is 3. The minimum absolute atomic E-state index is 0.853. The summed E-state index contributed by atoms with van der Waals surface area (Å²) in [4.78, 5) is 2.68. The molecule has 2 nitrogen and oxygen atoms in total. The van der Waals surface area contributed by atoms with E-state index in [1.165, 1.54) is 19.8 Å². The van der Waals surface area contributed by atoms with Crippen LogP contribution in [-0.2, 0) is 13.1 Å². The Hall–Kier alpha value is -0.840. The summed E-state index contributed by atoms with van der Waals surface area (Å²) in [5, 5.41) is 3.44. The molecule has 0 aliphatic heterocycles. The van der Waals surface area contributed by atoms with Crippen LogP contribution in [0, 0.1) is 6.92 Å². The van der Waals surface area contributed by atoms with E-state index in [1.807, 2.05) is 23.5 Å². The number of halogens is 1. The highest BCUT2D eigenvalue weighted by molar-refractivity contribution is 9.10. The largest absolute Gasteiger partial charge is 0.497 e. The Morgan fingerprint density at radius 3 is 2.78 bits per heavy atom. The van der Waals surface area contributed by atoms with Gasteiger partial charge in [0.05, 0.1) is 7.11 Å². The van der Waals surface area contributed by atoms with E-state index in [2.05, 4.69) is 46.4 Å². The fourth-order valence-electron chi connectivity index (χ4n) is 1.72. The van der Waals surface area contributed by atoms with Gasteiger partial charge in [-0.25, -0.2) is 0 Å². The standard InChI is InChI=1S/C14H16BrNOS/c1-10-14(15)7-13(18-10)9-16-8-11-4-3-5-12(6-11)17-2/h3-7,16H,8-9H2,1-2H3. The maximum atomic E-state index is 5.21. The second-order valence-corrected chi connectivity index (χ2v) is 6.27. The number of thiophene rings is 1. The van der Waals surface area contributed by atoms with Crippen molar-refractivity contribution in [3.63, 3.8) is 0 Å². The molecule has 18 heavy (non-hydrogen) atoms. The fraction of sp³-hybridized carbons (Fsp3) is 0.286. The van der Waals surface area contributed by atoms with Gasteiger partial charge in [0, 0.05) is 27.3 Å². The SMILES string of the molecule is COc1cccc(CNCc2cc(Br)c(C)s2)c1. The molecule has 4 heteroatoms. The highest BCUT2D eigenvalue weighted by atomic mass is 79.9. The van der Waals surface area contributed by atoms with Gasteiger partial charge in [0.1, 0.15) is 5.75 Å². The Bertz CT molecular complexity index is 505. The van der Waals surface area contributed by atoms with Crippen LogP contribution in [0.1, 0.15) is 15.3 Å². The molecule has 0 radical (unpaired) electrons. The van der Waals surface area contributed by atoms with Gasteiger partial charge in [0.25, 0.3) is 0 Å². The fourth-order valence-corrected chi connectivity index (χ4v) is 3.29. The van der Waals surface area contributed by atoms with Crippen LogP contribution in [0.3, 0.4) is 0 Å². The highest BCUT2D eigenvalue weighted by Crippen LogP contribution is 2.26. The van der Waals surface area contributed by atoms with Crippen LogP contribution in [0.4, 0.5) is 0 Å². The molecule has 96 valence electrons. The lowest BCUT2D eigenvalue weighted by atomic mass is 10.2. The number of hydrogen-bond donors (Lipinski definition) is 1. The van der Waals surface area contributed by atoms with Crippen LogP contribution < -0.4 is 10.1 Å². The van der Waals surface area contributed by atoms with E-state index in [4.69, 9.17) is 4.74 Å². The Morgan fingerprint density at radius 1 is 1.28 bits per heavy atom. The van der Waals surface area contributed by atoms with Crippen molar-refractivity contribution in [3.8, 4) is 5.75 Å². The minimum Gasteiger partial charge on any atom is -0.497 e. The van der Waals surface area contributed by atoms with E-state index >= 15 is 0 Å². The molecule has 1 N–H and O–H groups in total. The molecule has 0 bridgehead atoms. The van der Waals surface area contributed by atoms with Crippen molar-refractivity contribution in [2.45, 2.75) is 20.0 Å². The highest BCUT2D eigenvalue weighted by Gasteiger charge is 2.02. The van der Waals surface area contributed by atoms with Gasteiger partial charge < -0.3 is 10.1 Å². The normalized spacial score (nSPS) is 10.6. The smallest absolute Gasteiger partial charge is 0.119 e. The van der Waals surface area contributed by atoms with Gasteiger partial charge in [0.15, 0.2) is 0 Å². The molecule has 1 aromatic heterocycles. The van der Waals surface area contributed by atoms with E-state index in [1.54, 1.807) is 7.11 Å². The molecule has 1 aromatic carbocycles. The van der Waals surface area contributed by atoms with Crippen molar-refractivity contribution >= 4 is 27.3 Å². The second kappa shape index (κ2) is 6.36. The summed E-state index contributed by atoms with van der Waals surface area (Å²) in [7, 11) is 1.69.